The molecule has 0 aliphatic carbocycles. The molecule has 0 fully saturated rings. The van der Waals surface area contributed by atoms with Gasteiger partial charge in [0.25, 0.3) is 0 Å². The number of benzene rings is 2. The lowest BCUT2D eigenvalue weighted by molar-refractivity contribution is 0.112. The topological polar surface area (TPSA) is 26.3 Å². The second-order valence-electron chi connectivity index (χ2n) is 3.48. The molecule has 2 nitrogen and oxygen atoms in total. The van der Waals surface area contributed by atoms with Crippen LogP contribution in [-0.2, 0) is 0 Å². The summed E-state index contributed by atoms with van der Waals surface area (Å²) in [6.07, 6.45) is 0.642. The predicted molar refractivity (Wildman–Crippen MR) is 68.3 cm³/mol. The van der Waals surface area contributed by atoms with Gasteiger partial charge in [0, 0.05) is 11.1 Å². The summed E-state index contributed by atoms with van der Waals surface area (Å²) in [5, 5.41) is 0.542. The molecule has 0 radical (unpaired) electrons. The number of ether oxygens (including phenoxy) is 1. The maximum atomic E-state index is 12.9. The van der Waals surface area contributed by atoms with Crippen molar-refractivity contribution in [2.45, 2.75) is 0 Å². The molecular weight excluding hydrogens is 278 g/mol. The summed E-state index contributed by atoms with van der Waals surface area (Å²) in [5.41, 5.74) is 0.333. The molecule has 0 atom stereocenters. The Hall–Kier alpha value is -1.58. The smallest absolute Gasteiger partial charge is 0.153 e. The Balaban J connectivity index is 2.39. The molecule has 5 heteroatoms. The van der Waals surface area contributed by atoms with Crippen molar-refractivity contribution < 1.29 is 13.9 Å². The zero-order valence-corrected chi connectivity index (χ0v) is 10.5. The van der Waals surface area contributed by atoms with Crippen LogP contribution in [-0.4, -0.2) is 6.29 Å². The molecule has 0 aliphatic heterocycles. The number of aldehydes is 1. The van der Waals surface area contributed by atoms with Crippen molar-refractivity contribution in [3.05, 3.63) is 57.8 Å². The summed E-state index contributed by atoms with van der Waals surface area (Å²) in [7, 11) is 0. The highest BCUT2D eigenvalue weighted by molar-refractivity contribution is 6.32. The van der Waals surface area contributed by atoms with Gasteiger partial charge < -0.3 is 4.74 Å². The first-order chi connectivity index (χ1) is 8.60. The van der Waals surface area contributed by atoms with E-state index in [-0.39, 0.29) is 16.5 Å². The van der Waals surface area contributed by atoms with Crippen LogP contribution in [0.2, 0.25) is 10.0 Å². The fraction of sp³-hybridized carbons (Fsp3) is 0. The van der Waals surface area contributed by atoms with E-state index in [4.69, 9.17) is 27.9 Å². The average molecular weight is 285 g/mol. The van der Waals surface area contributed by atoms with Gasteiger partial charge in [-0.2, -0.15) is 0 Å². The predicted octanol–water partition coefficient (Wildman–Crippen LogP) is 4.74. The SMILES string of the molecule is O=Cc1ccc(Cl)cc1Oc1ccc(F)cc1Cl. The first kappa shape index (κ1) is 12.9. The molecule has 2 aromatic carbocycles. The molecule has 0 bridgehead atoms. The first-order valence-electron chi connectivity index (χ1n) is 4.98. The van der Waals surface area contributed by atoms with Gasteiger partial charge in [0.05, 0.1) is 10.6 Å². The number of halogens is 3. The summed E-state index contributed by atoms with van der Waals surface area (Å²) in [6.45, 7) is 0. The van der Waals surface area contributed by atoms with Gasteiger partial charge >= 0.3 is 0 Å². The number of hydrogen-bond donors (Lipinski definition) is 0. The Morgan fingerprint density at radius 2 is 1.83 bits per heavy atom. The van der Waals surface area contributed by atoms with E-state index in [0.29, 0.717) is 16.9 Å². The standard InChI is InChI=1S/C13H7Cl2FO2/c14-9-2-1-8(7-17)13(5-9)18-12-4-3-10(16)6-11(12)15/h1-7H. The largest absolute Gasteiger partial charge is 0.455 e. The molecule has 0 heterocycles. The van der Waals surface area contributed by atoms with Crippen molar-refractivity contribution in [2.75, 3.05) is 0 Å². The first-order valence-corrected chi connectivity index (χ1v) is 5.73. The Bertz CT molecular complexity index is 600. The molecule has 92 valence electrons. The zero-order chi connectivity index (χ0) is 13.1. The van der Waals surface area contributed by atoms with Crippen LogP contribution in [0.3, 0.4) is 0 Å². The number of rotatable bonds is 3. The Labute approximate surface area is 113 Å². The van der Waals surface area contributed by atoms with Crippen molar-refractivity contribution >= 4 is 29.5 Å². The fourth-order valence-electron chi connectivity index (χ4n) is 1.37. The highest BCUT2D eigenvalue weighted by Crippen LogP contribution is 2.32. The van der Waals surface area contributed by atoms with Gasteiger partial charge in [-0.1, -0.05) is 23.2 Å². The second-order valence-corrected chi connectivity index (χ2v) is 4.32. The Morgan fingerprint density at radius 3 is 2.50 bits per heavy atom. The molecule has 0 aromatic heterocycles. The lowest BCUT2D eigenvalue weighted by Gasteiger charge is -2.09. The summed E-state index contributed by atoms with van der Waals surface area (Å²) in [6, 6.07) is 8.32. The van der Waals surface area contributed by atoms with Crippen LogP contribution < -0.4 is 4.74 Å². The summed E-state index contributed by atoms with van der Waals surface area (Å²) in [5.74, 6) is 0.0588. The van der Waals surface area contributed by atoms with Gasteiger partial charge in [-0.05, 0) is 30.3 Å². The van der Waals surface area contributed by atoms with Crippen LogP contribution in [0.5, 0.6) is 11.5 Å². The van der Waals surface area contributed by atoms with E-state index in [1.54, 1.807) is 6.07 Å². The van der Waals surface area contributed by atoms with Gasteiger partial charge in [-0.3, -0.25) is 4.79 Å². The molecule has 0 amide bonds. The van der Waals surface area contributed by atoms with Crippen LogP contribution in [0.15, 0.2) is 36.4 Å². The molecule has 18 heavy (non-hydrogen) atoms. The fourth-order valence-corrected chi connectivity index (χ4v) is 1.74. The van der Waals surface area contributed by atoms with Gasteiger partial charge in [0.2, 0.25) is 0 Å². The van der Waals surface area contributed by atoms with Crippen LogP contribution in [0, 0.1) is 5.82 Å². The quantitative estimate of drug-likeness (QED) is 0.761. The zero-order valence-electron chi connectivity index (χ0n) is 8.99. The van der Waals surface area contributed by atoms with E-state index in [9.17, 15) is 9.18 Å². The summed E-state index contributed by atoms with van der Waals surface area (Å²) >= 11 is 11.6. The Kier molecular flexibility index (Phi) is 3.84. The van der Waals surface area contributed by atoms with Crippen molar-refractivity contribution in [1.29, 1.82) is 0 Å². The maximum Gasteiger partial charge on any atom is 0.153 e. The number of carbonyl (C=O) groups is 1. The molecule has 0 N–H and O–H groups in total. The van der Waals surface area contributed by atoms with E-state index in [1.807, 2.05) is 0 Å². The normalized spacial score (nSPS) is 10.2. The summed E-state index contributed by atoms with van der Waals surface area (Å²) in [4.78, 5) is 10.9. The summed E-state index contributed by atoms with van der Waals surface area (Å²) < 4.78 is 18.3. The van der Waals surface area contributed by atoms with Gasteiger partial charge in [-0.15, -0.1) is 0 Å². The lowest BCUT2D eigenvalue weighted by atomic mass is 10.2. The Morgan fingerprint density at radius 1 is 1.06 bits per heavy atom. The van der Waals surface area contributed by atoms with E-state index >= 15 is 0 Å². The van der Waals surface area contributed by atoms with E-state index < -0.39 is 5.82 Å². The molecule has 2 rings (SSSR count). The lowest BCUT2D eigenvalue weighted by Crippen LogP contribution is -1.91. The van der Waals surface area contributed by atoms with E-state index in [1.165, 1.54) is 24.3 Å². The molecule has 2 aromatic rings. The highest BCUT2D eigenvalue weighted by atomic mass is 35.5. The van der Waals surface area contributed by atoms with Gasteiger partial charge in [-0.25, -0.2) is 4.39 Å². The molecule has 0 saturated carbocycles. The number of hydrogen-bond acceptors (Lipinski definition) is 2. The minimum atomic E-state index is -0.464. The van der Waals surface area contributed by atoms with Crippen molar-refractivity contribution in [1.82, 2.24) is 0 Å². The molecule has 0 saturated heterocycles. The molecule has 0 aliphatic rings. The van der Waals surface area contributed by atoms with Gasteiger partial charge in [0.1, 0.15) is 17.3 Å². The minimum Gasteiger partial charge on any atom is -0.455 e. The molecule has 0 spiro atoms. The maximum absolute atomic E-state index is 12.9. The van der Waals surface area contributed by atoms with Gasteiger partial charge in [0.15, 0.2) is 6.29 Å². The third-order valence-corrected chi connectivity index (χ3v) is 2.75. The number of carbonyl (C=O) groups excluding carboxylic acids is 1. The third kappa shape index (κ3) is 2.81. The van der Waals surface area contributed by atoms with Crippen LogP contribution >= 0.6 is 23.2 Å². The van der Waals surface area contributed by atoms with E-state index in [2.05, 4.69) is 0 Å². The monoisotopic (exact) mass is 284 g/mol. The van der Waals surface area contributed by atoms with Crippen LogP contribution in [0.1, 0.15) is 10.4 Å². The highest BCUT2D eigenvalue weighted by Gasteiger charge is 2.09. The van der Waals surface area contributed by atoms with Crippen LogP contribution in [0.25, 0.3) is 0 Å². The van der Waals surface area contributed by atoms with Crippen molar-refractivity contribution in [3.8, 4) is 11.5 Å². The van der Waals surface area contributed by atoms with Crippen molar-refractivity contribution in [2.24, 2.45) is 0 Å². The second kappa shape index (κ2) is 5.38. The average Bonchev–Trinajstić information content (AvgIpc) is 2.33. The van der Waals surface area contributed by atoms with Crippen molar-refractivity contribution in [3.63, 3.8) is 0 Å². The van der Waals surface area contributed by atoms with Crippen LogP contribution in [0.4, 0.5) is 4.39 Å². The van der Waals surface area contributed by atoms with E-state index in [0.717, 1.165) is 6.07 Å². The molecule has 0 unspecified atom stereocenters. The minimum absolute atomic E-state index is 0.117. The molecular formula is C13H7Cl2FO2. The third-order valence-electron chi connectivity index (χ3n) is 2.22.